The molecule has 0 aromatic rings. The van der Waals surface area contributed by atoms with Crippen molar-refractivity contribution in [2.75, 3.05) is 6.54 Å². The standard InChI is InChI=1S/C10H17NO2/c1-8(12)7-9(13)11-6-4-5-10(11,2)3/h4-7H2,1-3H3. The van der Waals surface area contributed by atoms with Crippen LogP contribution < -0.4 is 0 Å². The van der Waals surface area contributed by atoms with Crippen molar-refractivity contribution < 1.29 is 9.59 Å². The van der Waals surface area contributed by atoms with Crippen LogP contribution in [0.4, 0.5) is 0 Å². The third-order valence-corrected chi connectivity index (χ3v) is 2.60. The maximum atomic E-state index is 11.6. The monoisotopic (exact) mass is 183 g/mol. The lowest BCUT2D eigenvalue weighted by Crippen LogP contribution is -2.43. The van der Waals surface area contributed by atoms with E-state index in [1.807, 2.05) is 4.90 Å². The Morgan fingerprint density at radius 3 is 2.38 bits per heavy atom. The zero-order valence-corrected chi connectivity index (χ0v) is 8.59. The highest BCUT2D eigenvalue weighted by Gasteiger charge is 2.35. The van der Waals surface area contributed by atoms with Gasteiger partial charge < -0.3 is 4.90 Å². The lowest BCUT2D eigenvalue weighted by molar-refractivity contribution is -0.137. The predicted molar refractivity (Wildman–Crippen MR) is 50.3 cm³/mol. The smallest absolute Gasteiger partial charge is 0.230 e. The van der Waals surface area contributed by atoms with Gasteiger partial charge in [0.1, 0.15) is 5.78 Å². The van der Waals surface area contributed by atoms with Crippen molar-refractivity contribution in [3.63, 3.8) is 0 Å². The summed E-state index contributed by atoms with van der Waals surface area (Å²) in [7, 11) is 0. The highest BCUT2D eigenvalue weighted by molar-refractivity contribution is 5.97. The molecule has 1 aliphatic heterocycles. The summed E-state index contributed by atoms with van der Waals surface area (Å²) in [5.74, 6) is -0.0669. The first-order valence-electron chi connectivity index (χ1n) is 4.73. The Morgan fingerprint density at radius 1 is 1.38 bits per heavy atom. The fourth-order valence-corrected chi connectivity index (χ4v) is 1.88. The maximum Gasteiger partial charge on any atom is 0.230 e. The molecule has 0 aliphatic carbocycles. The van der Waals surface area contributed by atoms with Crippen molar-refractivity contribution >= 4 is 11.7 Å². The van der Waals surface area contributed by atoms with Crippen molar-refractivity contribution in [2.24, 2.45) is 0 Å². The van der Waals surface area contributed by atoms with Gasteiger partial charge in [-0.3, -0.25) is 9.59 Å². The number of likely N-dealkylation sites (tertiary alicyclic amines) is 1. The largest absolute Gasteiger partial charge is 0.337 e. The van der Waals surface area contributed by atoms with E-state index in [-0.39, 0.29) is 23.7 Å². The predicted octanol–water partition coefficient (Wildman–Crippen LogP) is 1.37. The van der Waals surface area contributed by atoms with E-state index < -0.39 is 0 Å². The molecule has 0 spiro atoms. The Kier molecular flexibility index (Phi) is 2.74. The highest BCUT2D eigenvalue weighted by Crippen LogP contribution is 2.28. The molecule has 0 bridgehead atoms. The average Bonchev–Trinajstić information content (AvgIpc) is 2.27. The molecule has 0 N–H and O–H groups in total. The summed E-state index contributed by atoms with van der Waals surface area (Å²) in [6, 6.07) is 0. The molecule has 1 saturated heterocycles. The van der Waals surface area contributed by atoms with E-state index in [1.165, 1.54) is 6.92 Å². The molecule has 0 unspecified atom stereocenters. The lowest BCUT2D eigenvalue weighted by atomic mass is 10.0. The third kappa shape index (κ3) is 2.29. The van der Waals surface area contributed by atoms with E-state index in [4.69, 9.17) is 0 Å². The molecule has 74 valence electrons. The Labute approximate surface area is 79.1 Å². The molecule has 1 fully saturated rings. The van der Waals surface area contributed by atoms with Crippen molar-refractivity contribution in [3.05, 3.63) is 0 Å². The summed E-state index contributed by atoms with van der Waals surface area (Å²) < 4.78 is 0. The van der Waals surface area contributed by atoms with Crippen LogP contribution in [-0.4, -0.2) is 28.7 Å². The highest BCUT2D eigenvalue weighted by atomic mass is 16.2. The van der Waals surface area contributed by atoms with Crippen LogP contribution in [0.5, 0.6) is 0 Å². The van der Waals surface area contributed by atoms with Gasteiger partial charge in [-0.2, -0.15) is 0 Å². The molecular formula is C10H17NO2. The van der Waals surface area contributed by atoms with Gasteiger partial charge in [-0.05, 0) is 33.6 Å². The Balaban J connectivity index is 2.61. The first-order valence-corrected chi connectivity index (χ1v) is 4.73. The molecule has 0 aromatic carbocycles. The summed E-state index contributed by atoms with van der Waals surface area (Å²) in [4.78, 5) is 24.2. The molecule has 0 aromatic heterocycles. The van der Waals surface area contributed by atoms with Gasteiger partial charge in [-0.1, -0.05) is 0 Å². The molecule has 1 amide bonds. The first-order chi connectivity index (χ1) is 5.93. The van der Waals surface area contributed by atoms with Crippen LogP contribution in [-0.2, 0) is 9.59 Å². The van der Waals surface area contributed by atoms with Gasteiger partial charge >= 0.3 is 0 Å². The molecule has 1 rings (SSSR count). The maximum absolute atomic E-state index is 11.6. The molecule has 3 heteroatoms. The normalized spacial score (nSPS) is 20.4. The van der Waals surface area contributed by atoms with Gasteiger partial charge in [-0.25, -0.2) is 0 Å². The number of ketones is 1. The second-order valence-electron chi connectivity index (χ2n) is 4.34. The molecular weight excluding hydrogens is 166 g/mol. The van der Waals surface area contributed by atoms with Crippen LogP contribution in [0.2, 0.25) is 0 Å². The second-order valence-corrected chi connectivity index (χ2v) is 4.34. The fraction of sp³-hybridized carbons (Fsp3) is 0.800. The van der Waals surface area contributed by atoms with Gasteiger partial charge in [-0.15, -0.1) is 0 Å². The number of carbonyl (C=O) groups excluding carboxylic acids is 2. The molecule has 0 radical (unpaired) electrons. The summed E-state index contributed by atoms with van der Waals surface area (Å²) in [6.45, 7) is 6.37. The van der Waals surface area contributed by atoms with Crippen LogP contribution in [0.15, 0.2) is 0 Å². The van der Waals surface area contributed by atoms with Gasteiger partial charge in [0.25, 0.3) is 0 Å². The number of hydrogen-bond donors (Lipinski definition) is 0. The van der Waals surface area contributed by atoms with E-state index in [2.05, 4.69) is 13.8 Å². The van der Waals surface area contributed by atoms with Crippen molar-refractivity contribution in [3.8, 4) is 0 Å². The molecule has 1 heterocycles. The number of amides is 1. The topological polar surface area (TPSA) is 37.4 Å². The molecule has 1 aliphatic rings. The van der Waals surface area contributed by atoms with Gasteiger partial charge in [0, 0.05) is 12.1 Å². The van der Waals surface area contributed by atoms with Crippen molar-refractivity contribution in [1.29, 1.82) is 0 Å². The van der Waals surface area contributed by atoms with Crippen LogP contribution in [0, 0.1) is 0 Å². The van der Waals surface area contributed by atoms with E-state index in [1.54, 1.807) is 0 Å². The number of nitrogens with zero attached hydrogens (tertiary/aromatic N) is 1. The fourth-order valence-electron chi connectivity index (χ4n) is 1.88. The van der Waals surface area contributed by atoms with Crippen molar-refractivity contribution in [2.45, 2.75) is 45.6 Å². The summed E-state index contributed by atoms with van der Waals surface area (Å²) in [6.07, 6.45) is 2.15. The van der Waals surface area contributed by atoms with E-state index in [9.17, 15) is 9.59 Å². The van der Waals surface area contributed by atoms with E-state index >= 15 is 0 Å². The van der Waals surface area contributed by atoms with Crippen LogP contribution in [0.3, 0.4) is 0 Å². The third-order valence-electron chi connectivity index (χ3n) is 2.60. The second kappa shape index (κ2) is 3.48. The lowest BCUT2D eigenvalue weighted by Gasteiger charge is -2.31. The Hall–Kier alpha value is -0.860. The first kappa shape index (κ1) is 10.2. The zero-order chi connectivity index (χ0) is 10.1. The Morgan fingerprint density at radius 2 is 2.00 bits per heavy atom. The number of rotatable bonds is 2. The van der Waals surface area contributed by atoms with Gasteiger partial charge in [0.05, 0.1) is 6.42 Å². The molecule has 3 nitrogen and oxygen atoms in total. The summed E-state index contributed by atoms with van der Waals surface area (Å²) in [5, 5.41) is 0. The van der Waals surface area contributed by atoms with E-state index in [0.29, 0.717) is 0 Å². The average molecular weight is 183 g/mol. The molecule has 0 saturated carbocycles. The Bertz CT molecular complexity index is 233. The minimum Gasteiger partial charge on any atom is -0.337 e. The minimum atomic E-state index is -0.0491. The van der Waals surface area contributed by atoms with Gasteiger partial charge in [0.2, 0.25) is 5.91 Å². The summed E-state index contributed by atoms with van der Waals surface area (Å²) in [5.41, 5.74) is -0.0491. The number of Topliss-reactive ketones (excluding diaryl/α,β-unsaturated/α-hetero) is 1. The van der Waals surface area contributed by atoms with Crippen LogP contribution >= 0.6 is 0 Å². The minimum absolute atomic E-state index is 0.0185. The van der Waals surface area contributed by atoms with Crippen molar-refractivity contribution in [1.82, 2.24) is 4.90 Å². The number of carbonyl (C=O) groups is 2. The van der Waals surface area contributed by atoms with Gasteiger partial charge in [0.15, 0.2) is 0 Å². The molecule has 13 heavy (non-hydrogen) atoms. The quantitative estimate of drug-likeness (QED) is 0.606. The SMILES string of the molecule is CC(=O)CC(=O)N1CCCC1(C)C. The number of hydrogen-bond acceptors (Lipinski definition) is 2. The zero-order valence-electron chi connectivity index (χ0n) is 8.59. The molecule has 0 atom stereocenters. The summed E-state index contributed by atoms with van der Waals surface area (Å²) >= 11 is 0. The van der Waals surface area contributed by atoms with E-state index in [0.717, 1.165) is 19.4 Å². The van der Waals surface area contributed by atoms with Crippen LogP contribution in [0.25, 0.3) is 0 Å². The van der Waals surface area contributed by atoms with Crippen LogP contribution in [0.1, 0.15) is 40.0 Å².